The zero-order chi connectivity index (χ0) is 19.1. The minimum Gasteiger partial charge on any atom is -0.353 e. The van der Waals surface area contributed by atoms with Crippen LogP contribution in [0.3, 0.4) is 0 Å². The number of carbonyl (C=O) groups excluding carboxylic acids is 2. The standard InChI is InChI=1S/C20H34N4O2/c1-5-7-12-21-20(26)23(16(3)6-2)15-19(25)24(17-10-11-17)14-18-9-8-13-22(18)4/h8-9,13,16-17H,5-7,10-12,14-15H2,1-4H3,(H,21,26)/t16-/m0/s1. The molecule has 1 aromatic heterocycles. The van der Waals surface area contributed by atoms with Gasteiger partial charge < -0.3 is 19.7 Å². The number of amides is 3. The van der Waals surface area contributed by atoms with Gasteiger partial charge in [-0.15, -0.1) is 0 Å². The SMILES string of the molecule is CCCCNC(=O)N(CC(=O)N(Cc1cccn1C)C1CC1)[C@@H](C)CC. The quantitative estimate of drug-likeness (QED) is 0.650. The van der Waals surface area contributed by atoms with Gasteiger partial charge in [0.1, 0.15) is 6.54 Å². The van der Waals surface area contributed by atoms with Crippen molar-refractivity contribution in [1.82, 2.24) is 19.7 Å². The molecule has 2 rings (SSSR count). The third-order valence-electron chi connectivity index (χ3n) is 5.19. The number of nitrogens with one attached hydrogen (secondary N) is 1. The molecule has 0 radical (unpaired) electrons. The van der Waals surface area contributed by atoms with Gasteiger partial charge in [0.15, 0.2) is 0 Å². The molecule has 0 bridgehead atoms. The molecule has 0 aromatic carbocycles. The summed E-state index contributed by atoms with van der Waals surface area (Å²) in [5.74, 6) is 0.0413. The molecular formula is C20H34N4O2. The van der Waals surface area contributed by atoms with Gasteiger partial charge in [-0.1, -0.05) is 20.3 Å². The van der Waals surface area contributed by atoms with Gasteiger partial charge in [0.05, 0.1) is 6.54 Å². The summed E-state index contributed by atoms with van der Waals surface area (Å²) in [5.41, 5.74) is 1.12. The van der Waals surface area contributed by atoms with E-state index in [9.17, 15) is 9.59 Å². The second kappa shape index (κ2) is 9.64. The van der Waals surface area contributed by atoms with Crippen molar-refractivity contribution in [3.8, 4) is 0 Å². The van der Waals surface area contributed by atoms with Crippen molar-refractivity contribution in [3.05, 3.63) is 24.0 Å². The first-order valence-corrected chi connectivity index (χ1v) is 9.92. The normalized spacial score (nSPS) is 14.8. The Morgan fingerprint density at radius 1 is 1.35 bits per heavy atom. The van der Waals surface area contributed by atoms with Gasteiger partial charge in [-0.3, -0.25) is 4.79 Å². The van der Waals surface area contributed by atoms with E-state index in [0.29, 0.717) is 19.1 Å². The third-order valence-corrected chi connectivity index (χ3v) is 5.19. The summed E-state index contributed by atoms with van der Waals surface area (Å²) in [5, 5.41) is 2.95. The molecule has 1 heterocycles. The topological polar surface area (TPSA) is 57.6 Å². The van der Waals surface area contributed by atoms with E-state index in [2.05, 4.69) is 12.2 Å². The number of urea groups is 1. The van der Waals surface area contributed by atoms with E-state index >= 15 is 0 Å². The molecule has 1 aliphatic carbocycles. The summed E-state index contributed by atoms with van der Waals surface area (Å²) in [6, 6.07) is 4.27. The highest BCUT2D eigenvalue weighted by Crippen LogP contribution is 2.28. The van der Waals surface area contributed by atoms with Crippen LogP contribution >= 0.6 is 0 Å². The predicted molar refractivity (Wildman–Crippen MR) is 104 cm³/mol. The van der Waals surface area contributed by atoms with Gasteiger partial charge >= 0.3 is 6.03 Å². The van der Waals surface area contributed by atoms with Crippen molar-refractivity contribution in [2.24, 2.45) is 7.05 Å². The Balaban J connectivity index is 2.03. The Hall–Kier alpha value is -1.98. The summed E-state index contributed by atoms with van der Waals surface area (Å²) in [7, 11) is 2.00. The molecule has 6 nitrogen and oxygen atoms in total. The van der Waals surface area contributed by atoms with Gasteiger partial charge in [-0.25, -0.2) is 4.79 Å². The molecule has 1 N–H and O–H groups in total. The lowest BCUT2D eigenvalue weighted by Crippen LogP contribution is -2.50. The second-order valence-electron chi connectivity index (χ2n) is 7.33. The molecule has 0 spiro atoms. The van der Waals surface area contributed by atoms with Gasteiger partial charge in [-0.05, 0) is 44.7 Å². The van der Waals surface area contributed by atoms with Crippen molar-refractivity contribution < 1.29 is 9.59 Å². The van der Waals surface area contributed by atoms with Crippen LogP contribution in [-0.2, 0) is 18.4 Å². The van der Waals surface area contributed by atoms with Crippen LogP contribution < -0.4 is 5.32 Å². The van der Waals surface area contributed by atoms with E-state index in [4.69, 9.17) is 0 Å². The lowest BCUT2D eigenvalue weighted by atomic mass is 10.2. The summed E-state index contributed by atoms with van der Waals surface area (Å²) < 4.78 is 2.05. The molecule has 3 amide bonds. The number of hydrogen-bond acceptors (Lipinski definition) is 2. The number of hydrogen-bond donors (Lipinski definition) is 1. The fraction of sp³-hybridized carbons (Fsp3) is 0.700. The molecule has 1 fully saturated rings. The summed E-state index contributed by atoms with van der Waals surface area (Å²) in [4.78, 5) is 29.2. The van der Waals surface area contributed by atoms with E-state index in [1.54, 1.807) is 4.90 Å². The number of nitrogens with zero attached hydrogens (tertiary/aromatic N) is 3. The minimum absolute atomic E-state index is 0.0386. The van der Waals surface area contributed by atoms with Crippen molar-refractivity contribution in [1.29, 1.82) is 0 Å². The largest absolute Gasteiger partial charge is 0.353 e. The van der Waals surface area contributed by atoms with Crippen LogP contribution in [0.15, 0.2) is 18.3 Å². The Morgan fingerprint density at radius 2 is 2.08 bits per heavy atom. The fourth-order valence-corrected chi connectivity index (χ4v) is 3.00. The highest BCUT2D eigenvalue weighted by molar-refractivity contribution is 5.84. The van der Waals surface area contributed by atoms with Gasteiger partial charge in [0, 0.05) is 37.6 Å². The molecule has 0 saturated heterocycles. The number of carbonyl (C=O) groups is 2. The minimum atomic E-state index is -0.129. The lowest BCUT2D eigenvalue weighted by Gasteiger charge is -2.31. The molecule has 1 atom stereocenters. The fourth-order valence-electron chi connectivity index (χ4n) is 3.00. The van der Waals surface area contributed by atoms with E-state index in [-0.39, 0.29) is 24.5 Å². The predicted octanol–water partition coefficient (Wildman–Crippen LogP) is 3.13. The molecule has 1 saturated carbocycles. The summed E-state index contributed by atoms with van der Waals surface area (Å²) in [6.07, 6.45) is 6.93. The average molecular weight is 363 g/mol. The Morgan fingerprint density at radius 3 is 2.62 bits per heavy atom. The molecule has 146 valence electrons. The van der Waals surface area contributed by atoms with Crippen molar-refractivity contribution >= 4 is 11.9 Å². The van der Waals surface area contributed by atoms with E-state index in [1.165, 1.54) is 0 Å². The van der Waals surface area contributed by atoms with Gasteiger partial charge in [0.25, 0.3) is 0 Å². The first-order chi connectivity index (χ1) is 12.5. The number of aryl methyl sites for hydroxylation is 1. The molecule has 26 heavy (non-hydrogen) atoms. The van der Waals surface area contributed by atoms with Crippen molar-refractivity contribution in [3.63, 3.8) is 0 Å². The van der Waals surface area contributed by atoms with Crippen LogP contribution in [0.5, 0.6) is 0 Å². The maximum Gasteiger partial charge on any atom is 0.318 e. The van der Waals surface area contributed by atoms with E-state index in [1.807, 2.05) is 48.7 Å². The maximum atomic E-state index is 13.0. The van der Waals surface area contributed by atoms with E-state index < -0.39 is 0 Å². The summed E-state index contributed by atoms with van der Waals surface area (Å²) in [6.45, 7) is 7.56. The second-order valence-corrected chi connectivity index (χ2v) is 7.33. The van der Waals surface area contributed by atoms with Gasteiger partial charge in [-0.2, -0.15) is 0 Å². The Labute approximate surface area is 157 Å². The monoisotopic (exact) mass is 362 g/mol. The van der Waals surface area contributed by atoms with Crippen LogP contribution in [0.2, 0.25) is 0 Å². The number of rotatable bonds is 10. The van der Waals surface area contributed by atoms with Crippen LogP contribution in [0.4, 0.5) is 4.79 Å². The van der Waals surface area contributed by atoms with Crippen LogP contribution in [0.1, 0.15) is 58.6 Å². The molecule has 1 aliphatic rings. The summed E-state index contributed by atoms with van der Waals surface area (Å²) >= 11 is 0. The Kier molecular flexibility index (Phi) is 7.54. The number of unbranched alkanes of at least 4 members (excludes halogenated alkanes) is 1. The van der Waals surface area contributed by atoms with Crippen LogP contribution in [-0.4, -0.2) is 51.5 Å². The van der Waals surface area contributed by atoms with E-state index in [0.717, 1.165) is 37.8 Å². The molecule has 6 heteroatoms. The highest BCUT2D eigenvalue weighted by atomic mass is 16.2. The van der Waals surface area contributed by atoms with Crippen molar-refractivity contribution in [2.45, 2.75) is 71.5 Å². The first kappa shape index (κ1) is 20.3. The molecule has 0 aliphatic heterocycles. The zero-order valence-electron chi connectivity index (χ0n) is 16.7. The first-order valence-electron chi connectivity index (χ1n) is 9.92. The van der Waals surface area contributed by atoms with Crippen molar-refractivity contribution in [2.75, 3.05) is 13.1 Å². The average Bonchev–Trinajstić information content (AvgIpc) is 3.39. The van der Waals surface area contributed by atoms with Crippen LogP contribution in [0, 0.1) is 0 Å². The number of aromatic nitrogens is 1. The molecular weight excluding hydrogens is 328 g/mol. The third kappa shape index (κ3) is 5.51. The molecule has 1 aromatic rings. The zero-order valence-corrected chi connectivity index (χ0v) is 16.7. The molecule has 0 unspecified atom stereocenters. The van der Waals surface area contributed by atoms with Gasteiger partial charge in [0.2, 0.25) is 5.91 Å². The Bertz CT molecular complexity index is 594. The highest BCUT2D eigenvalue weighted by Gasteiger charge is 2.34. The maximum absolute atomic E-state index is 13.0. The van der Waals surface area contributed by atoms with Crippen LogP contribution in [0.25, 0.3) is 0 Å². The lowest BCUT2D eigenvalue weighted by molar-refractivity contribution is -0.133. The smallest absolute Gasteiger partial charge is 0.318 e.